The van der Waals surface area contributed by atoms with E-state index >= 15 is 0 Å². The Morgan fingerprint density at radius 1 is 1.67 bits per heavy atom. The third-order valence-corrected chi connectivity index (χ3v) is 1.82. The van der Waals surface area contributed by atoms with Crippen molar-refractivity contribution in [2.75, 3.05) is 7.05 Å². The summed E-state index contributed by atoms with van der Waals surface area (Å²) in [7, 11) is 1.90. The first-order valence-electron chi connectivity index (χ1n) is 3.87. The van der Waals surface area contributed by atoms with E-state index in [0.29, 0.717) is 0 Å². The third-order valence-electron chi connectivity index (χ3n) is 1.82. The highest BCUT2D eigenvalue weighted by molar-refractivity contribution is 5.32. The average Bonchev–Trinajstić information content (AvgIpc) is 2.17. The molecule has 62 valence electrons. The summed E-state index contributed by atoms with van der Waals surface area (Å²) < 4.78 is 0. The maximum absolute atomic E-state index is 5.26. The van der Waals surface area contributed by atoms with E-state index in [1.54, 1.807) is 6.20 Å². The van der Waals surface area contributed by atoms with E-state index in [-0.39, 0.29) is 6.04 Å². The Bertz CT molecular complexity index is 299. The second-order valence-corrected chi connectivity index (χ2v) is 2.62. The Morgan fingerprint density at radius 2 is 2.42 bits per heavy atom. The number of rotatable bonds is 2. The van der Waals surface area contributed by atoms with Crippen molar-refractivity contribution >= 4 is 0 Å². The highest BCUT2D eigenvalue weighted by Crippen LogP contribution is 2.09. The van der Waals surface area contributed by atoms with Gasteiger partial charge in [-0.25, -0.2) is 0 Å². The van der Waals surface area contributed by atoms with Gasteiger partial charge in [-0.3, -0.25) is 4.98 Å². The van der Waals surface area contributed by atoms with Crippen LogP contribution in [-0.4, -0.2) is 12.0 Å². The van der Waals surface area contributed by atoms with Gasteiger partial charge in [0.05, 0.1) is 5.69 Å². The third kappa shape index (κ3) is 1.84. The van der Waals surface area contributed by atoms with Crippen LogP contribution in [0.5, 0.6) is 0 Å². The van der Waals surface area contributed by atoms with E-state index < -0.39 is 0 Å². The molecule has 0 aliphatic carbocycles. The van der Waals surface area contributed by atoms with Gasteiger partial charge < -0.3 is 5.32 Å². The molecule has 1 N–H and O–H groups in total. The van der Waals surface area contributed by atoms with Crippen molar-refractivity contribution < 1.29 is 0 Å². The number of aromatic nitrogens is 1. The molecule has 2 nitrogen and oxygen atoms in total. The van der Waals surface area contributed by atoms with E-state index in [9.17, 15) is 0 Å². The maximum atomic E-state index is 5.26. The van der Waals surface area contributed by atoms with Gasteiger partial charge in [-0.15, -0.1) is 6.42 Å². The highest BCUT2D eigenvalue weighted by Gasteiger charge is 2.02. The van der Waals surface area contributed by atoms with Gasteiger partial charge in [0.25, 0.3) is 0 Å². The van der Waals surface area contributed by atoms with Crippen molar-refractivity contribution in [2.24, 2.45) is 0 Å². The van der Waals surface area contributed by atoms with Crippen LogP contribution in [0.4, 0.5) is 0 Å². The summed E-state index contributed by atoms with van der Waals surface area (Å²) in [6, 6.07) is 3.99. The second kappa shape index (κ2) is 3.89. The zero-order valence-electron chi connectivity index (χ0n) is 7.33. The highest BCUT2D eigenvalue weighted by atomic mass is 14.9. The standard InChI is InChI=1S/C10H12N2/c1-4-9-5-6-12-10(7-9)8(2)11-3/h1,5-8,11H,2-3H3/t8-/m1/s1. The fourth-order valence-corrected chi connectivity index (χ4v) is 0.923. The summed E-state index contributed by atoms with van der Waals surface area (Å²) in [5, 5.41) is 3.10. The number of hydrogen-bond donors (Lipinski definition) is 1. The van der Waals surface area contributed by atoms with Gasteiger partial charge in [-0.05, 0) is 26.1 Å². The van der Waals surface area contributed by atoms with E-state index in [1.807, 2.05) is 26.1 Å². The monoisotopic (exact) mass is 160 g/mol. The minimum absolute atomic E-state index is 0.248. The number of hydrogen-bond acceptors (Lipinski definition) is 2. The lowest BCUT2D eigenvalue weighted by atomic mass is 10.1. The molecule has 0 aliphatic heterocycles. The Labute approximate surface area is 73.0 Å². The molecule has 1 atom stereocenters. The summed E-state index contributed by atoms with van der Waals surface area (Å²) in [5.41, 5.74) is 1.86. The largest absolute Gasteiger partial charge is 0.312 e. The molecule has 1 aromatic heterocycles. The molecule has 0 radical (unpaired) electrons. The van der Waals surface area contributed by atoms with Gasteiger partial charge in [0.1, 0.15) is 0 Å². The first kappa shape index (κ1) is 8.76. The van der Waals surface area contributed by atoms with Crippen LogP contribution in [0.15, 0.2) is 18.3 Å². The summed E-state index contributed by atoms with van der Waals surface area (Å²) >= 11 is 0. The van der Waals surface area contributed by atoms with Gasteiger partial charge in [0.15, 0.2) is 0 Å². The van der Waals surface area contributed by atoms with Gasteiger partial charge in [0, 0.05) is 17.8 Å². The first-order valence-corrected chi connectivity index (χ1v) is 3.87. The van der Waals surface area contributed by atoms with Gasteiger partial charge in [-0.2, -0.15) is 0 Å². The molecular weight excluding hydrogens is 148 g/mol. The Hall–Kier alpha value is -1.33. The molecule has 12 heavy (non-hydrogen) atoms. The molecule has 0 amide bonds. The average molecular weight is 160 g/mol. The van der Waals surface area contributed by atoms with E-state index in [1.165, 1.54) is 0 Å². The molecule has 0 saturated heterocycles. The Kier molecular flexibility index (Phi) is 2.84. The zero-order chi connectivity index (χ0) is 8.97. The Balaban J connectivity index is 2.95. The van der Waals surface area contributed by atoms with E-state index in [2.05, 4.69) is 16.2 Å². The number of terminal acetylenes is 1. The normalized spacial score (nSPS) is 12.1. The van der Waals surface area contributed by atoms with Crippen molar-refractivity contribution in [3.63, 3.8) is 0 Å². The molecule has 0 unspecified atom stereocenters. The molecule has 2 heteroatoms. The lowest BCUT2D eigenvalue weighted by Crippen LogP contribution is -2.13. The van der Waals surface area contributed by atoms with Crippen LogP contribution < -0.4 is 5.32 Å². The molecule has 0 spiro atoms. The van der Waals surface area contributed by atoms with Gasteiger partial charge in [-0.1, -0.05) is 5.92 Å². The van der Waals surface area contributed by atoms with Crippen LogP contribution in [0.2, 0.25) is 0 Å². The van der Waals surface area contributed by atoms with Crippen LogP contribution >= 0.6 is 0 Å². The van der Waals surface area contributed by atoms with Crippen molar-refractivity contribution in [3.8, 4) is 12.3 Å². The minimum Gasteiger partial charge on any atom is -0.312 e. The lowest BCUT2D eigenvalue weighted by Gasteiger charge is -2.08. The zero-order valence-corrected chi connectivity index (χ0v) is 7.33. The van der Waals surface area contributed by atoms with Crippen molar-refractivity contribution in [3.05, 3.63) is 29.6 Å². The van der Waals surface area contributed by atoms with Crippen LogP contribution in [0.3, 0.4) is 0 Å². The topological polar surface area (TPSA) is 24.9 Å². The van der Waals surface area contributed by atoms with Crippen LogP contribution in [-0.2, 0) is 0 Å². The van der Waals surface area contributed by atoms with E-state index in [0.717, 1.165) is 11.3 Å². The number of nitrogens with zero attached hydrogens (tertiary/aromatic N) is 1. The molecule has 0 fully saturated rings. The molecule has 1 heterocycles. The first-order chi connectivity index (χ1) is 5.77. The quantitative estimate of drug-likeness (QED) is 0.660. The molecule has 0 saturated carbocycles. The number of nitrogens with one attached hydrogen (secondary N) is 1. The molecule has 0 aromatic carbocycles. The van der Waals surface area contributed by atoms with Crippen LogP contribution in [0.1, 0.15) is 24.2 Å². The smallest absolute Gasteiger partial charge is 0.0582 e. The second-order valence-electron chi connectivity index (χ2n) is 2.62. The minimum atomic E-state index is 0.248. The molecule has 0 bridgehead atoms. The van der Waals surface area contributed by atoms with Crippen LogP contribution in [0, 0.1) is 12.3 Å². The summed E-state index contributed by atoms with van der Waals surface area (Å²) in [6.45, 7) is 2.04. The molecule has 1 rings (SSSR count). The van der Waals surface area contributed by atoms with Gasteiger partial charge in [0.2, 0.25) is 0 Å². The Morgan fingerprint density at radius 3 is 3.00 bits per heavy atom. The van der Waals surface area contributed by atoms with Crippen LogP contribution in [0.25, 0.3) is 0 Å². The molecule has 0 aliphatic rings. The summed E-state index contributed by atoms with van der Waals surface area (Å²) in [4.78, 5) is 4.20. The lowest BCUT2D eigenvalue weighted by molar-refractivity contribution is 0.633. The summed E-state index contributed by atoms with van der Waals surface area (Å²) in [5.74, 6) is 2.58. The fraction of sp³-hybridized carbons (Fsp3) is 0.300. The number of pyridine rings is 1. The maximum Gasteiger partial charge on any atom is 0.0582 e. The predicted molar refractivity (Wildman–Crippen MR) is 49.6 cm³/mol. The predicted octanol–water partition coefficient (Wildman–Crippen LogP) is 1.34. The van der Waals surface area contributed by atoms with Crippen molar-refractivity contribution in [1.29, 1.82) is 0 Å². The summed E-state index contributed by atoms with van der Waals surface area (Å²) in [6.07, 6.45) is 7.00. The van der Waals surface area contributed by atoms with Crippen molar-refractivity contribution in [2.45, 2.75) is 13.0 Å². The SMILES string of the molecule is C#Cc1ccnc([C@@H](C)NC)c1. The molecule has 1 aromatic rings. The molecular formula is C10H12N2. The fourth-order valence-electron chi connectivity index (χ4n) is 0.923. The van der Waals surface area contributed by atoms with Gasteiger partial charge >= 0.3 is 0 Å². The van der Waals surface area contributed by atoms with Crippen molar-refractivity contribution in [1.82, 2.24) is 10.3 Å². The van der Waals surface area contributed by atoms with E-state index in [4.69, 9.17) is 6.42 Å².